The van der Waals surface area contributed by atoms with E-state index >= 15 is 0 Å². The van der Waals surface area contributed by atoms with Crippen molar-refractivity contribution in [1.82, 2.24) is 0 Å². The number of halogens is 1. The zero-order valence-corrected chi connectivity index (χ0v) is 17.5. The van der Waals surface area contributed by atoms with Gasteiger partial charge in [0.05, 0.1) is 5.69 Å². The van der Waals surface area contributed by atoms with Crippen molar-refractivity contribution in [2.75, 3.05) is 18.2 Å². The summed E-state index contributed by atoms with van der Waals surface area (Å²) in [5.41, 5.74) is 2.32. The van der Waals surface area contributed by atoms with E-state index in [0.29, 0.717) is 17.3 Å². The summed E-state index contributed by atoms with van der Waals surface area (Å²) in [4.78, 5) is 25.4. The van der Waals surface area contributed by atoms with Crippen molar-refractivity contribution in [3.63, 3.8) is 0 Å². The second-order valence-corrected chi connectivity index (χ2v) is 7.58. The Labute approximate surface area is 178 Å². The van der Waals surface area contributed by atoms with Crippen LogP contribution in [-0.4, -0.2) is 30.8 Å². The van der Waals surface area contributed by atoms with Crippen molar-refractivity contribution < 1.29 is 19.1 Å². The molecule has 2 aromatic carbocycles. The summed E-state index contributed by atoms with van der Waals surface area (Å²) in [6.45, 7) is 1.87. The highest BCUT2D eigenvalue weighted by Crippen LogP contribution is 2.29. The molecule has 0 radical (unpaired) electrons. The third kappa shape index (κ3) is 5.65. The van der Waals surface area contributed by atoms with Crippen molar-refractivity contribution in [2.24, 2.45) is 0 Å². The molecule has 1 unspecified atom stereocenters. The number of para-hydroxylation sites is 1. The van der Waals surface area contributed by atoms with E-state index in [4.69, 9.17) is 21.1 Å². The number of carbonyl (C=O) groups excluding carboxylic acids is 2. The number of hydrogen-bond donors (Lipinski definition) is 1. The van der Waals surface area contributed by atoms with Gasteiger partial charge in [0.1, 0.15) is 12.4 Å². The normalized spacial score (nSPS) is 13.8. The summed E-state index contributed by atoms with van der Waals surface area (Å²) in [7, 11) is 0. The number of rotatable bonds is 6. The Bertz CT molecular complexity index is 987. The van der Waals surface area contributed by atoms with E-state index in [1.54, 1.807) is 30.3 Å². The minimum atomic E-state index is -0.932. The van der Waals surface area contributed by atoms with E-state index in [-0.39, 0.29) is 0 Å². The van der Waals surface area contributed by atoms with Crippen LogP contribution in [0.4, 0.5) is 5.69 Å². The molecule has 0 saturated heterocycles. The Morgan fingerprint density at radius 2 is 2.07 bits per heavy atom. The zero-order valence-electron chi connectivity index (χ0n) is 16.0. The second-order valence-electron chi connectivity index (χ2n) is 6.29. The minimum absolute atomic E-state index is 0.333. The van der Waals surface area contributed by atoms with E-state index in [1.165, 1.54) is 24.8 Å². The molecule has 5 nitrogen and oxygen atoms in total. The van der Waals surface area contributed by atoms with Crippen molar-refractivity contribution in [2.45, 2.75) is 17.9 Å². The average Bonchev–Trinajstić information content (AvgIpc) is 2.72. The Morgan fingerprint density at radius 1 is 1.28 bits per heavy atom. The average molecular weight is 430 g/mol. The number of amides is 1. The zero-order chi connectivity index (χ0) is 20.8. The lowest BCUT2D eigenvalue weighted by atomic mass is 10.1. The molecule has 7 heteroatoms. The van der Waals surface area contributed by atoms with E-state index in [9.17, 15) is 9.59 Å². The summed E-state index contributed by atoms with van der Waals surface area (Å²) < 4.78 is 10.8. The summed E-state index contributed by atoms with van der Waals surface area (Å²) in [6, 6.07) is 12.8. The van der Waals surface area contributed by atoms with E-state index < -0.39 is 18.0 Å². The maximum Gasteiger partial charge on any atom is 0.331 e. The first-order chi connectivity index (χ1) is 14.0. The van der Waals surface area contributed by atoms with E-state index in [1.807, 2.05) is 30.5 Å². The van der Waals surface area contributed by atoms with Gasteiger partial charge < -0.3 is 14.8 Å². The molecule has 0 aromatic heterocycles. The third-order valence-corrected chi connectivity index (χ3v) is 5.20. The molecule has 1 N–H and O–H groups in total. The number of ether oxygens (including phenoxy) is 2. The molecule has 0 fully saturated rings. The summed E-state index contributed by atoms with van der Waals surface area (Å²) >= 11 is 7.52. The number of esters is 1. The SMILES string of the molecule is CSc1ccccc1NC(=O)C(C)OC(=O)C=CC1=Cc2cc(Cl)ccc2OC1. The van der Waals surface area contributed by atoms with Gasteiger partial charge in [-0.15, -0.1) is 11.8 Å². The van der Waals surface area contributed by atoms with E-state index in [2.05, 4.69) is 5.32 Å². The Balaban J connectivity index is 1.58. The molecule has 0 saturated carbocycles. The van der Waals surface area contributed by atoms with Gasteiger partial charge in [-0.05, 0) is 61.2 Å². The molecule has 1 aliphatic heterocycles. The molecular weight excluding hydrogens is 410 g/mol. The van der Waals surface area contributed by atoms with Crippen LogP contribution in [0.15, 0.2) is 65.1 Å². The molecule has 1 heterocycles. The number of hydrogen-bond acceptors (Lipinski definition) is 5. The Morgan fingerprint density at radius 3 is 2.86 bits per heavy atom. The van der Waals surface area contributed by atoms with Gasteiger partial charge in [0.2, 0.25) is 0 Å². The van der Waals surface area contributed by atoms with Gasteiger partial charge in [-0.25, -0.2) is 4.79 Å². The molecule has 29 heavy (non-hydrogen) atoms. The summed E-state index contributed by atoms with van der Waals surface area (Å²) in [5.74, 6) is -0.259. The van der Waals surface area contributed by atoms with Crippen LogP contribution < -0.4 is 10.1 Å². The fourth-order valence-electron chi connectivity index (χ4n) is 2.69. The topological polar surface area (TPSA) is 64.6 Å². The lowest BCUT2D eigenvalue weighted by Gasteiger charge is -2.16. The van der Waals surface area contributed by atoms with Gasteiger partial charge in [0.25, 0.3) is 5.91 Å². The highest BCUT2D eigenvalue weighted by Gasteiger charge is 2.18. The van der Waals surface area contributed by atoms with Crippen molar-refractivity contribution in [1.29, 1.82) is 0 Å². The molecule has 1 aliphatic rings. The molecule has 150 valence electrons. The fraction of sp³-hybridized carbons (Fsp3) is 0.182. The molecule has 3 rings (SSSR count). The Hall–Kier alpha value is -2.70. The maximum atomic E-state index is 12.3. The number of anilines is 1. The largest absolute Gasteiger partial charge is 0.488 e. The van der Waals surface area contributed by atoms with Gasteiger partial charge in [-0.3, -0.25) is 4.79 Å². The number of nitrogens with one attached hydrogen (secondary N) is 1. The van der Waals surface area contributed by atoms with Crippen LogP contribution in [0.2, 0.25) is 5.02 Å². The predicted octanol–water partition coefficient (Wildman–Crippen LogP) is 4.96. The molecule has 0 spiro atoms. The van der Waals surface area contributed by atoms with Crippen LogP contribution >= 0.6 is 23.4 Å². The third-order valence-electron chi connectivity index (χ3n) is 4.17. The van der Waals surface area contributed by atoms with Crippen LogP contribution in [0.5, 0.6) is 5.75 Å². The number of carbonyl (C=O) groups is 2. The lowest BCUT2D eigenvalue weighted by molar-refractivity contribution is -0.148. The highest BCUT2D eigenvalue weighted by atomic mass is 35.5. The predicted molar refractivity (Wildman–Crippen MR) is 116 cm³/mol. The quantitative estimate of drug-likeness (QED) is 0.399. The molecule has 2 aromatic rings. The lowest BCUT2D eigenvalue weighted by Crippen LogP contribution is -2.29. The van der Waals surface area contributed by atoms with Gasteiger partial charge in [0.15, 0.2) is 6.10 Å². The molecule has 0 bridgehead atoms. The minimum Gasteiger partial charge on any atom is -0.488 e. The number of benzene rings is 2. The summed E-state index contributed by atoms with van der Waals surface area (Å²) in [5, 5.41) is 3.39. The van der Waals surface area contributed by atoms with Crippen LogP contribution in [0.25, 0.3) is 6.08 Å². The standard InChI is InChI=1S/C22H20ClNO4S/c1-14(22(26)24-18-5-3-4-6-20(18)29-2)28-21(25)10-7-15-11-16-12-17(23)8-9-19(16)27-13-15/h3-12,14H,13H2,1-2H3,(H,24,26). The van der Waals surface area contributed by atoms with Crippen LogP contribution in [-0.2, 0) is 14.3 Å². The van der Waals surface area contributed by atoms with Gasteiger partial charge in [0, 0.05) is 21.6 Å². The molecule has 1 atom stereocenters. The number of thioether (sulfide) groups is 1. The number of fused-ring (bicyclic) bond motifs is 1. The van der Waals surface area contributed by atoms with Crippen LogP contribution in [0, 0.1) is 0 Å². The van der Waals surface area contributed by atoms with Crippen molar-refractivity contribution in [3.05, 3.63) is 70.8 Å². The first kappa shape index (κ1) is 21.0. The van der Waals surface area contributed by atoms with Crippen molar-refractivity contribution in [3.8, 4) is 5.75 Å². The van der Waals surface area contributed by atoms with Gasteiger partial charge in [-0.2, -0.15) is 0 Å². The maximum absolute atomic E-state index is 12.3. The van der Waals surface area contributed by atoms with Crippen molar-refractivity contribution >= 4 is 47.0 Å². The monoisotopic (exact) mass is 429 g/mol. The first-order valence-corrected chi connectivity index (χ1v) is 10.5. The van der Waals surface area contributed by atoms with Crippen LogP contribution in [0.1, 0.15) is 12.5 Å². The highest BCUT2D eigenvalue weighted by molar-refractivity contribution is 7.98. The molecule has 0 aliphatic carbocycles. The summed E-state index contributed by atoms with van der Waals surface area (Å²) in [6.07, 6.45) is 5.78. The molecule has 1 amide bonds. The second kappa shape index (κ2) is 9.67. The van der Waals surface area contributed by atoms with Gasteiger partial charge >= 0.3 is 5.97 Å². The Kier molecular flexibility index (Phi) is 7.01. The smallest absolute Gasteiger partial charge is 0.331 e. The van der Waals surface area contributed by atoms with E-state index in [0.717, 1.165) is 21.8 Å². The first-order valence-electron chi connectivity index (χ1n) is 8.92. The molecular formula is C22H20ClNO4S. The fourth-order valence-corrected chi connectivity index (χ4v) is 3.42. The van der Waals surface area contributed by atoms with Crippen LogP contribution in [0.3, 0.4) is 0 Å². The van der Waals surface area contributed by atoms with Gasteiger partial charge in [-0.1, -0.05) is 23.7 Å².